The molecule has 1 atom stereocenters. The topological polar surface area (TPSA) is 63.9 Å². The lowest BCUT2D eigenvalue weighted by Crippen LogP contribution is -2.14. The van der Waals surface area contributed by atoms with Gasteiger partial charge in [0.1, 0.15) is 17.2 Å². The van der Waals surface area contributed by atoms with Crippen molar-refractivity contribution in [1.82, 2.24) is 9.97 Å². The van der Waals surface area contributed by atoms with Crippen LogP contribution in [0.1, 0.15) is 18.3 Å². The Morgan fingerprint density at radius 3 is 2.94 bits per heavy atom. The van der Waals surface area contributed by atoms with Gasteiger partial charge in [-0.2, -0.15) is 0 Å². The number of nitrogens with two attached hydrogens (primary N) is 1. The maximum atomic E-state index is 13.4. The highest BCUT2D eigenvalue weighted by molar-refractivity contribution is 5.75. The molecular formula is C11H13F2N3O. The molecule has 0 spiro atoms. The van der Waals surface area contributed by atoms with Gasteiger partial charge in [0, 0.05) is 19.8 Å². The lowest BCUT2D eigenvalue weighted by atomic mass is 10.2. The van der Waals surface area contributed by atoms with Crippen LogP contribution in [-0.4, -0.2) is 23.7 Å². The molecule has 0 bridgehead atoms. The van der Waals surface area contributed by atoms with Crippen LogP contribution in [-0.2, 0) is 4.74 Å². The molecule has 0 radical (unpaired) electrons. The van der Waals surface area contributed by atoms with Crippen LogP contribution in [0, 0.1) is 11.6 Å². The summed E-state index contributed by atoms with van der Waals surface area (Å²) in [7, 11) is 1.57. The number of benzene rings is 1. The number of ether oxygens (including phenoxy) is 1. The van der Waals surface area contributed by atoms with Crippen molar-refractivity contribution in [2.24, 2.45) is 5.73 Å². The van der Waals surface area contributed by atoms with Crippen LogP contribution in [0.4, 0.5) is 8.78 Å². The fourth-order valence-corrected chi connectivity index (χ4v) is 1.62. The predicted octanol–water partition coefficient (Wildman–Crippen LogP) is 1.88. The van der Waals surface area contributed by atoms with Gasteiger partial charge in [-0.25, -0.2) is 13.8 Å². The molecule has 1 aromatic carbocycles. The first-order valence-electron chi connectivity index (χ1n) is 5.21. The van der Waals surface area contributed by atoms with Gasteiger partial charge in [-0.1, -0.05) is 0 Å². The number of aromatic amines is 1. The van der Waals surface area contributed by atoms with Crippen molar-refractivity contribution in [3.8, 4) is 0 Å². The molecule has 0 fully saturated rings. The van der Waals surface area contributed by atoms with Crippen LogP contribution in [0.25, 0.3) is 11.0 Å². The molecule has 0 saturated carbocycles. The van der Waals surface area contributed by atoms with Crippen LogP contribution in [0.3, 0.4) is 0 Å². The quantitative estimate of drug-likeness (QED) is 0.859. The number of rotatable bonds is 4. The van der Waals surface area contributed by atoms with E-state index < -0.39 is 11.6 Å². The van der Waals surface area contributed by atoms with E-state index in [1.54, 1.807) is 7.11 Å². The number of nitrogens with zero attached hydrogens (tertiary/aromatic N) is 1. The number of halogens is 2. The zero-order valence-electron chi connectivity index (χ0n) is 9.34. The normalized spacial score (nSPS) is 13.2. The molecule has 17 heavy (non-hydrogen) atoms. The van der Waals surface area contributed by atoms with Crippen molar-refractivity contribution in [3.05, 3.63) is 29.6 Å². The first kappa shape index (κ1) is 11.9. The minimum absolute atomic E-state index is 0.106. The molecule has 6 heteroatoms. The minimum Gasteiger partial charge on any atom is -0.385 e. The molecule has 2 rings (SSSR count). The van der Waals surface area contributed by atoms with Crippen molar-refractivity contribution >= 4 is 11.0 Å². The van der Waals surface area contributed by atoms with Crippen molar-refractivity contribution in [3.63, 3.8) is 0 Å². The Kier molecular flexibility index (Phi) is 3.35. The molecule has 0 aliphatic carbocycles. The van der Waals surface area contributed by atoms with Gasteiger partial charge in [0.25, 0.3) is 0 Å². The van der Waals surface area contributed by atoms with E-state index in [0.717, 1.165) is 6.07 Å². The second-order valence-corrected chi connectivity index (χ2v) is 3.79. The molecule has 0 amide bonds. The van der Waals surface area contributed by atoms with Gasteiger partial charge in [0.2, 0.25) is 0 Å². The molecule has 0 saturated heterocycles. The lowest BCUT2D eigenvalue weighted by molar-refractivity contribution is 0.187. The lowest BCUT2D eigenvalue weighted by Gasteiger charge is -2.06. The van der Waals surface area contributed by atoms with Crippen LogP contribution in [0.15, 0.2) is 12.1 Å². The highest BCUT2D eigenvalue weighted by Gasteiger charge is 2.14. The van der Waals surface area contributed by atoms with Crippen molar-refractivity contribution < 1.29 is 13.5 Å². The molecule has 1 unspecified atom stereocenters. The van der Waals surface area contributed by atoms with E-state index in [4.69, 9.17) is 10.5 Å². The largest absolute Gasteiger partial charge is 0.385 e. The van der Waals surface area contributed by atoms with Crippen molar-refractivity contribution in [2.75, 3.05) is 13.7 Å². The van der Waals surface area contributed by atoms with Gasteiger partial charge >= 0.3 is 0 Å². The van der Waals surface area contributed by atoms with Gasteiger partial charge in [-0.3, -0.25) is 0 Å². The maximum Gasteiger partial charge on any atom is 0.153 e. The van der Waals surface area contributed by atoms with Gasteiger partial charge < -0.3 is 15.5 Å². The fourth-order valence-electron chi connectivity index (χ4n) is 1.62. The summed E-state index contributed by atoms with van der Waals surface area (Å²) in [6.45, 7) is 0.481. The van der Waals surface area contributed by atoms with Crippen molar-refractivity contribution in [1.29, 1.82) is 0 Å². The number of H-pyrrole nitrogens is 1. The monoisotopic (exact) mass is 241 g/mol. The number of hydrogen-bond donors (Lipinski definition) is 2. The highest BCUT2D eigenvalue weighted by Crippen LogP contribution is 2.20. The summed E-state index contributed by atoms with van der Waals surface area (Å²) in [6.07, 6.45) is 0.556. The van der Waals surface area contributed by atoms with Crippen molar-refractivity contribution in [2.45, 2.75) is 12.5 Å². The number of aromatic nitrogens is 2. The van der Waals surface area contributed by atoms with Crippen LogP contribution in [0.2, 0.25) is 0 Å². The van der Waals surface area contributed by atoms with Crippen LogP contribution in [0.5, 0.6) is 0 Å². The highest BCUT2D eigenvalue weighted by atomic mass is 19.1. The number of imidazole rings is 1. The number of methoxy groups -OCH3 is 1. The van der Waals surface area contributed by atoms with E-state index in [1.807, 2.05) is 0 Å². The summed E-state index contributed by atoms with van der Waals surface area (Å²) in [4.78, 5) is 6.84. The summed E-state index contributed by atoms with van der Waals surface area (Å²) >= 11 is 0. The second kappa shape index (κ2) is 4.77. The predicted molar refractivity (Wildman–Crippen MR) is 59.4 cm³/mol. The standard InChI is InChI=1S/C11H13F2N3O/c1-17-3-2-8(14)11-15-9-5-6(12)4-7(13)10(9)16-11/h4-5,8H,2-3,14H2,1H3,(H,15,16). The smallest absolute Gasteiger partial charge is 0.153 e. The van der Waals surface area contributed by atoms with E-state index in [-0.39, 0.29) is 11.6 Å². The summed E-state index contributed by atoms with van der Waals surface area (Å²) < 4.78 is 31.3. The third-order valence-corrected chi connectivity index (χ3v) is 2.51. The van der Waals surface area contributed by atoms with Gasteiger partial charge in [0.15, 0.2) is 5.82 Å². The molecule has 3 N–H and O–H groups in total. The molecule has 0 aliphatic heterocycles. The summed E-state index contributed by atoms with van der Waals surface area (Å²) in [6, 6.07) is 1.61. The third-order valence-electron chi connectivity index (χ3n) is 2.51. The summed E-state index contributed by atoms with van der Waals surface area (Å²) in [5.74, 6) is -0.904. The van der Waals surface area contributed by atoms with E-state index in [2.05, 4.69) is 9.97 Å². The average molecular weight is 241 g/mol. The Labute approximate surface area is 96.8 Å². The van der Waals surface area contributed by atoms with Gasteiger partial charge in [-0.15, -0.1) is 0 Å². The molecular weight excluding hydrogens is 228 g/mol. The Balaban J connectivity index is 2.34. The molecule has 92 valence electrons. The average Bonchev–Trinajstić information content (AvgIpc) is 2.69. The van der Waals surface area contributed by atoms with Gasteiger partial charge in [0.05, 0.1) is 11.6 Å². The number of hydrogen-bond acceptors (Lipinski definition) is 3. The number of fused-ring (bicyclic) bond motifs is 1. The Morgan fingerprint density at radius 1 is 1.47 bits per heavy atom. The van der Waals surface area contributed by atoms with E-state index in [0.29, 0.717) is 24.4 Å². The fraction of sp³-hybridized carbons (Fsp3) is 0.364. The Hall–Kier alpha value is -1.53. The van der Waals surface area contributed by atoms with E-state index >= 15 is 0 Å². The number of nitrogens with one attached hydrogen (secondary N) is 1. The SMILES string of the molecule is COCCC(N)c1nc2c(F)cc(F)cc2[nH]1. The molecule has 4 nitrogen and oxygen atoms in total. The molecule has 1 aromatic heterocycles. The Bertz CT molecular complexity index is 527. The third kappa shape index (κ3) is 2.42. The zero-order valence-corrected chi connectivity index (χ0v) is 9.34. The first-order chi connectivity index (χ1) is 8.11. The van der Waals surface area contributed by atoms with Gasteiger partial charge in [-0.05, 0) is 12.5 Å². The first-order valence-corrected chi connectivity index (χ1v) is 5.21. The minimum atomic E-state index is -0.693. The van der Waals surface area contributed by atoms with E-state index in [9.17, 15) is 8.78 Å². The molecule has 0 aliphatic rings. The molecule has 1 heterocycles. The second-order valence-electron chi connectivity index (χ2n) is 3.79. The maximum absolute atomic E-state index is 13.4. The van der Waals surface area contributed by atoms with Crippen LogP contribution < -0.4 is 5.73 Å². The summed E-state index contributed by atoms with van der Waals surface area (Å²) in [5.41, 5.74) is 6.26. The zero-order chi connectivity index (χ0) is 12.4. The summed E-state index contributed by atoms with van der Waals surface area (Å²) in [5, 5.41) is 0. The van der Waals surface area contributed by atoms with Crippen LogP contribution >= 0.6 is 0 Å². The van der Waals surface area contributed by atoms with E-state index in [1.165, 1.54) is 6.07 Å². The Morgan fingerprint density at radius 2 is 2.24 bits per heavy atom. The molecule has 2 aromatic rings.